The van der Waals surface area contributed by atoms with E-state index in [0.717, 1.165) is 26.6 Å². The zero-order chi connectivity index (χ0) is 25.2. The highest BCUT2D eigenvalue weighted by molar-refractivity contribution is 7.89. The molecule has 1 aromatic carbocycles. The van der Waals surface area contributed by atoms with Crippen LogP contribution >= 0.6 is 35.2 Å². The number of halogens is 1. The van der Waals surface area contributed by atoms with E-state index < -0.39 is 16.1 Å². The summed E-state index contributed by atoms with van der Waals surface area (Å²) in [5, 5.41) is 9.93. The summed E-state index contributed by atoms with van der Waals surface area (Å²) in [7, 11) is -3.76. The fourth-order valence-corrected chi connectivity index (χ4v) is 7.81. The lowest BCUT2D eigenvalue weighted by Crippen LogP contribution is -2.35. The van der Waals surface area contributed by atoms with Gasteiger partial charge in [-0.25, -0.2) is 8.42 Å². The Bertz CT molecular complexity index is 1660. The first-order chi connectivity index (χ1) is 17.3. The Morgan fingerprint density at radius 2 is 2.06 bits per heavy atom. The predicted molar refractivity (Wildman–Crippen MR) is 141 cm³/mol. The molecule has 0 spiro atoms. The molecule has 3 aromatic heterocycles. The number of benzene rings is 1. The largest absolute Gasteiger partial charge is 0.452 e. The van der Waals surface area contributed by atoms with Crippen LogP contribution in [0.5, 0.6) is 0 Å². The molecule has 0 saturated carbocycles. The van der Waals surface area contributed by atoms with Gasteiger partial charge in [0.2, 0.25) is 5.09 Å². The molecule has 0 aliphatic carbocycles. The van der Waals surface area contributed by atoms with Crippen LogP contribution in [0.1, 0.15) is 39.3 Å². The molecule has 6 rings (SSSR count). The molecule has 2 aliphatic rings. The molecule has 13 heteroatoms. The van der Waals surface area contributed by atoms with E-state index in [0.29, 0.717) is 35.3 Å². The molecular weight excluding hydrogens is 540 g/mol. The maximum atomic E-state index is 13.2. The van der Waals surface area contributed by atoms with E-state index in [2.05, 4.69) is 10.2 Å². The highest BCUT2D eigenvalue weighted by Crippen LogP contribution is 2.43. The van der Waals surface area contributed by atoms with Crippen LogP contribution in [-0.2, 0) is 23.0 Å². The van der Waals surface area contributed by atoms with Crippen molar-refractivity contribution in [2.75, 3.05) is 6.54 Å². The summed E-state index contributed by atoms with van der Waals surface area (Å²) in [5.74, 6) is 1.17. The molecule has 36 heavy (non-hydrogen) atoms. The van der Waals surface area contributed by atoms with Gasteiger partial charge in [0.25, 0.3) is 10.0 Å². The third kappa shape index (κ3) is 3.55. The molecule has 0 amide bonds. The van der Waals surface area contributed by atoms with Crippen LogP contribution in [0.2, 0.25) is 5.02 Å². The number of sulfonamides is 1. The average molecular weight is 559 g/mol. The molecule has 0 radical (unpaired) electrons. The summed E-state index contributed by atoms with van der Waals surface area (Å²) in [4.78, 5) is 6.08. The van der Waals surface area contributed by atoms with Gasteiger partial charge < -0.3 is 10.2 Å². The van der Waals surface area contributed by atoms with Gasteiger partial charge in [-0.1, -0.05) is 42.0 Å². The van der Waals surface area contributed by atoms with Gasteiger partial charge in [0, 0.05) is 34.1 Å². The molecule has 184 valence electrons. The van der Waals surface area contributed by atoms with Crippen molar-refractivity contribution in [2.45, 2.75) is 31.0 Å². The first kappa shape index (κ1) is 23.5. The number of nitrogens with two attached hydrogens (primary N) is 1. The third-order valence-corrected chi connectivity index (χ3v) is 9.77. The monoisotopic (exact) mass is 558 g/mol. The van der Waals surface area contributed by atoms with Gasteiger partial charge in [-0.05, 0) is 37.1 Å². The van der Waals surface area contributed by atoms with Gasteiger partial charge in [0.15, 0.2) is 11.9 Å². The number of aromatic nitrogens is 3. The number of hydrogen-bond acceptors (Lipinski definition) is 8. The highest BCUT2D eigenvalue weighted by Gasteiger charge is 2.38. The Hall–Kier alpha value is -2.90. The van der Waals surface area contributed by atoms with Crippen molar-refractivity contribution in [3.8, 4) is 5.00 Å². The molecule has 2 N–H and O–H groups in total. The van der Waals surface area contributed by atoms with Crippen molar-refractivity contribution < 1.29 is 12.8 Å². The Labute approximate surface area is 221 Å². The number of nitrogens with zero attached hydrogens (tertiary/aromatic N) is 5. The molecular formula is C23H19ClN6O3S3. The number of rotatable bonds is 4. The van der Waals surface area contributed by atoms with E-state index in [1.54, 1.807) is 6.07 Å². The summed E-state index contributed by atoms with van der Waals surface area (Å²) in [6.07, 6.45) is 1.84. The number of thiocarbonyl (C=S) groups is 1. The van der Waals surface area contributed by atoms with Crippen molar-refractivity contribution in [3.63, 3.8) is 0 Å². The normalized spacial score (nSPS) is 17.6. The second-order valence-corrected chi connectivity index (χ2v) is 12.2. The number of hydrogen-bond donors (Lipinski definition) is 1. The van der Waals surface area contributed by atoms with Crippen LogP contribution < -0.4 is 5.73 Å². The lowest BCUT2D eigenvalue weighted by Gasteiger charge is -2.26. The minimum atomic E-state index is -3.76. The van der Waals surface area contributed by atoms with Crippen LogP contribution in [0.4, 0.5) is 0 Å². The molecule has 4 aromatic rings. The number of fused-ring (bicyclic) bond motifs is 5. The summed E-state index contributed by atoms with van der Waals surface area (Å²) >= 11 is 13.5. The standard InChI is InChI=1S/C23H19ClN6O3S3/c1-12-27-28-22-20(21(25)34)26-19(13-5-2-3-6-15(13)24)18-14-8-9-29(11-16(14)35-23(18)30(12)22)36(31,32)17-7-4-10-33-17/h2-7,10,20H,8-9,11H2,1H3,(H2,25,34). The predicted octanol–water partition coefficient (Wildman–Crippen LogP) is 3.81. The Morgan fingerprint density at radius 1 is 1.25 bits per heavy atom. The maximum Gasteiger partial charge on any atom is 0.276 e. The van der Waals surface area contributed by atoms with Crippen LogP contribution in [0.25, 0.3) is 5.00 Å². The van der Waals surface area contributed by atoms with Gasteiger partial charge in [-0.2, -0.15) is 4.31 Å². The molecule has 2 aliphatic heterocycles. The molecule has 1 atom stereocenters. The average Bonchev–Trinajstić information content (AvgIpc) is 3.57. The number of aryl methyl sites for hydroxylation is 1. The Balaban J connectivity index is 1.57. The van der Waals surface area contributed by atoms with Crippen molar-refractivity contribution >= 4 is 55.9 Å². The van der Waals surface area contributed by atoms with Crippen molar-refractivity contribution in [3.05, 3.63) is 80.9 Å². The lowest BCUT2D eigenvalue weighted by molar-refractivity contribution is 0.367. The number of furan rings is 1. The molecule has 5 heterocycles. The second kappa shape index (κ2) is 8.60. The minimum absolute atomic E-state index is 0.0707. The van der Waals surface area contributed by atoms with Crippen molar-refractivity contribution in [2.24, 2.45) is 10.7 Å². The van der Waals surface area contributed by atoms with E-state index >= 15 is 0 Å². The van der Waals surface area contributed by atoms with Crippen LogP contribution in [0.15, 0.2) is 57.2 Å². The van der Waals surface area contributed by atoms with Crippen molar-refractivity contribution in [1.82, 2.24) is 19.1 Å². The van der Waals surface area contributed by atoms with E-state index in [1.807, 2.05) is 35.8 Å². The first-order valence-electron chi connectivity index (χ1n) is 11.0. The third-order valence-electron chi connectivity index (χ3n) is 6.28. The number of thiophene rings is 1. The fourth-order valence-electron chi connectivity index (χ4n) is 4.62. The quantitative estimate of drug-likeness (QED) is 0.378. The molecule has 1 unspecified atom stereocenters. The van der Waals surface area contributed by atoms with E-state index in [-0.39, 0.29) is 16.6 Å². The molecule has 0 saturated heterocycles. The van der Waals surface area contributed by atoms with Crippen LogP contribution in [0.3, 0.4) is 0 Å². The van der Waals surface area contributed by atoms with Gasteiger partial charge >= 0.3 is 0 Å². The van der Waals surface area contributed by atoms with Gasteiger partial charge in [0.1, 0.15) is 15.8 Å². The second-order valence-electron chi connectivity index (χ2n) is 8.41. The zero-order valence-electron chi connectivity index (χ0n) is 18.9. The number of aliphatic imine (C=N–C) groups is 1. The summed E-state index contributed by atoms with van der Waals surface area (Å²) in [6, 6.07) is 9.79. The lowest BCUT2D eigenvalue weighted by atomic mass is 9.95. The maximum absolute atomic E-state index is 13.2. The van der Waals surface area contributed by atoms with E-state index in [9.17, 15) is 8.42 Å². The van der Waals surface area contributed by atoms with Crippen LogP contribution in [-0.4, -0.2) is 44.7 Å². The Morgan fingerprint density at radius 3 is 2.78 bits per heavy atom. The van der Waals surface area contributed by atoms with Gasteiger partial charge in [-0.3, -0.25) is 9.56 Å². The molecule has 9 nitrogen and oxygen atoms in total. The van der Waals surface area contributed by atoms with Crippen molar-refractivity contribution in [1.29, 1.82) is 0 Å². The summed E-state index contributed by atoms with van der Waals surface area (Å²) in [6.45, 7) is 2.35. The highest BCUT2D eigenvalue weighted by atomic mass is 35.5. The molecule has 0 bridgehead atoms. The topological polar surface area (TPSA) is 120 Å². The Kier molecular flexibility index (Phi) is 5.61. The molecule has 0 fully saturated rings. The van der Waals surface area contributed by atoms with Crippen LogP contribution in [0, 0.1) is 6.92 Å². The van der Waals surface area contributed by atoms with E-state index in [4.69, 9.17) is 39.0 Å². The van der Waals surface area contributed by atoms with E-state index in [1.165, 1.54) is 28.0 Å². The van der Waals surface area contributed by atoms with Gasteiger partial charge in [0.05, 0.1) is 12.0 Å². The zero-order valence-corrected chi connectivity index (χ0v) is 22.1. The van der Waals surface area contributed by atoms with Gasteiger partial charge in [-0.15, -0.1) is 21.5 Å². The smallest absolute Gasteiger partial charge is 0.276 e. The first-order valence-corrected chi connectivity index (χ1v) is 14.0. The summed E-state index contributed by atoms with van der Waals surface area (Å²) < 4.78 is 34.9. The minimum Gasteiger partial charge on any atom is -0.452 e. The summed E-state index contributed by atoms with van der Waals surface area (Å²) in [5.41, 5.74) is 9.41. The fraction of sp³-hybridized carbons (Fsp3) is 0.217. The SMILES string of the molecule is Cc1nnc2n1-c1sc3c(c1C(c1ccccc1Cl)=NC2C(N)=S)CCN(S(=O)(=O)c1ccco1)C3.